The normalized spacial score (nSPS) is 10.7. The van der Waals surface area contributed by atoms with Crippen LogP contribution in [0.2, 0.25) is 0 Å². The molecule has 0 spiro atoms. The maximum Gasteiger partial charge on any atom is 0.333 e. The fourth-order valence-corrected chi connectivity index (χ4v) is 4.04. The molecule has 0 amide bonds. The molecule has 0 heterocycles. The van der Waals surface area contributed by atoms with Crippen molar-refractivity contribution < 1.29 is 52.4 Å². The SMILES string of the molecule is C=C(C)C(=O)OCC(CCOc1ccc(/C=C/C(=O)c2ccc(OCCC(COC(=O)C(=C)C)COC(=O)C(=C)C)cc2)cc1)COC(=O)C(=C)C. The van der Waals surface area contributed by atoms with Crippen molar-refractivity contribution in [1.82, 2.24) is 0 Å². The van der Waals surface area contributed by atoms with Gasteiger partial charge in [-0.15, -0.1) is 0 Å². The molecule has 2 rings (SSSR count). The molecule has 278 valence electrons. The molecule has 0 unspecified atom stereocenters. The molecule has 0 atom stereocenters. The average Bonchev–Trinajstić information content (AvgIpc) is 3.12. The number of benzene rings is 2. The first kappa shape index (κ1) is 42.5. The van der Waals surface area contributed by atoms with Crippen molar-refractivity contribution in [1.29, 1.82) is 0 Å². The van der Waals surface area contributed by atoms with Crippen LogP contribution in [0.15, 0.2) is 103 Å². The molecule has 2 aromatic carbocycles. The Balaban J connectivity index is 1.87. The summed E-state index contributed by atoms with van der Waals surface area (Å²) in [5, 5.41) is 0. The van der Waals surface area contributed by atoms with Crippen LogP contribution in [0.25, 0.3) is 6.08 Å². The Morgan fingerprint density at radius 1 is 0.538 bits per heavy atom. The lowest BCUT2D eigenvalue weighted by molar-refractivity contribution is -0.146. The Hall–Kier alpha value is -5.71. The minimum Gasteiger partial charge on any atom is -0.494 e. The number of esters is 4. The van der Waals surface area contributed by atoms with Crippen LogP contribution in [-0.2, 0) is 38.1 Å². The molecule has 0 radical (unpaired) electrons. The van der Waals surface area contributed by atoms with Gasteiger partial charge in [-0.25, -0.2) is 19.2 Å². The number of hydrogen-bond donors (Lipinski definition) is 0. The Morgan fingerprint density at radius 3 is 1.19 bits per heavy atom. The van der Waals surface area contributed by atoms with Gasteiger partial charge < -0.3 is 28.4 Å². The monoisotopic (exact) mass is 716 g/mol. The molecule has 0 aliphatic heterocycles. The zero-order valence-corrected chi connectivity index (χ0v) is 30.4. The summed E-state index contributed by atoms with van der Waals surface area (Å²) in [6.07, 6.45) is 4.05. The Labute approximate surface area is 305 Å². The lowest BCUT2D eigenvalue weighted by Gasteiger charge is -2.18. The van der Waals surface area contributed by atoms with Crippen molar-refractivity contribution in [3.63, 3.8) is 0 Å². The second kappa shape index (κ2) is 22.2. The van der Waals surface area contributed by atoms with E-state index < -0.39 is 23.9 Å². The van der Waals surface area contributed by atoms with Gasteiger partial charge in [-0.3, -0.25) is 4.79 Å². The van der Waals surface area contributed by atoms with E-state index in [-0.39, 0.29) is 79.6 Å². The van der Waals surface area contributed by atoms with Gasteiger partial charge in [-0.2, -0.15) is 0 Å². The van der Waals surface area contributed by atoms with Gasteiger partial charge in [-0.05, 0) is 88.6 Å². The predicted octanol–water partition coefficient (Wildman–Crippen LogP) is 6.83. The molecule has 0 aromatic heterocycles. The molecule has 0 fully saturated rings. The van der Waals surface area contributed by atoms with Crippen molar-refractivity contribution in [2.45, 2.75) is 40.5 Å². The van der Waals surface area contributed by atoms with Crippen LogP contribution in [0.5, 0.6) is 11.5 Å². The first-order valence-electron chi connectivity index (χ1n) is 16.6. The quantitative estimate of drug-likeness (QED) is 0.0517. The van der Waals surface area contributed by atoms with Gasteiger partial charge in [0.05, 0.1) is 39.6 Å². The summed E-state index contributed by atoms with van der Waals surface area (Å²) < 4.78 is 32.6. The molecule has 0 saturated heterocycles. The standard InChI is InChI=1S/C41H48O11/c1-27(2)38(43)49-23-32(24-50-39(44)28(3)4)19-21-47-35-14-9-31(10-15-35)11-18-37(42)34-12-16-36(17-13-34)48-22-20-33(25-51-40(45)29(5)6)26-52-41(46)30(7)8/h9-18,32-33H,1,3,5,7,19-26H2,2,4,6,8H3/b18-11+. The van der Waals surface area contributed by atoms with Crippen molar-refractivity contribution >= 4 is 35.7 Å². The first-order valence-corrected chi connectivity index (χ1v) is 16.6. The maximum atomic E-state index is 12.8. The van der Waals surface area contributed by atoms with Crippen LogP contribution in [0.1, 0.15) is 56.5 Å². The maximum absolute atomic E-state index is 12.8. The zero-order valence-electron chi connectivity index (χ0n) is 30.4. The lowest BCUT2D eigenvalue weighted by Crippen LogP contribution is -2.23. The van der Waals surface area contributed by atoms with E-state index in [4.69, 9.17) is 28.4 Å². The summed E-state index contributed by atoms with van der Waals surface area (Å²) in [6, 6.07) is 13.8. The van der Waals surface area contributed by atoms with Crippen LogP contribution in [0, 0.1) is 11.8 Å². The minimum atomic E-state index is -0.530. The molecule has 0 aliphatic carbocycles. The third-order valence-corrected chi connectivity index (χ3v) is 7.23. The van der Waals surface area contributed by atoms with E-state index in [1.165, 1.54) is 6.08 Å². The second-order valence-corrected chi connectivity index (χ2v) is 12.3. The molecule has 0 N–H and O–H groups in total. The third-order valence-electron chi connectivity index (χ3n) is 7.23. The van der Waals surface area contributed by atoms with Crippen LogP contribution >= 0.6 is 0 Å². The van der Waals surface area contributed by atoms with E-state index in [0.717, 1.165) is 5.56 Å². The van der Waals surface area contributed by atoms with Gasteiger partial charge in [0.15, 0.2) is 5.78 Å². The molecule has 11 heteroatoms. The number of rotatable bonds is 23. The average molecular weight is 717 g/mol. The summed E-state index contributed by atoms with van der Waals surface area (Å²) >= 11 is 0. The van der Waals surface area contributed by atoms with Gasteiger partial charge in [0.25, 0.3) is 0 Å². The van der Waals surface area contributed by atoms with Crippen LogP contribution in [-0.4, -0.2) is 69.3 Å². The summed E-state index contributed by atoms with van der Waals surface area (Å²) in [4.78, 5) is 60.1. The largest absolute Gasteiger partial charge is 0.494 e. The van der Waals surface area contributed by atoms with Crippen LogP contribution in [0.4, 0.5) is 0 Å². The zero-order chi connectivity index (χ0) is 38.6. The molecule has 0 aliphatic rings. The topological polar surface area (TPSA) is 141 Å². The molecular weight excluding hydrogens is 668 g/mol. The fourth-order valence-electron chi connectivity index (χ4n) is 4.04. The summed E-state index contributed by atoms with van der Waals surface area (Å²) in [5.74, 6) is -1.76. The highest BCUT2D eigenvalue weighted by molar-refractivity contribution is 6.06. The van der Waals surface area contributed by atoms with Crippen molar-refractivity contribution in [2.24, 2.45) is 11.8 Å². The molecule has 0 bridgehead atoms. The second-order valence-electron chi connectivity index (χ2n) is 12.3. The van der Waals surface area contributed by atoms with E-state index in [0.29, 0.717) is 29.9 Å². The van der Waals surface area contributed by atoms with E-state index in [9.17, 15) is 24.0 Å². The van der Waals surface area contributed by atoms with E-state index >= 15 is 0 Å². The third kappa shape index (κ3) is 16.3. The van der Waals surface area contributed by atoms with Crippen LogP contribution in [0.3, 0.4) is 0 Å². The highest BCUT2D eigenvalue weighted by Crippen LogP contribution is 2.18. The van der Waals surface area contributed by atoms with Gasteiger partial charge in [0.1, 0.15) is 11.5 Å². The number of ketones is 1. The molecule has 11 nitrogen and oxygen atoms in total. The number of ether oxygens (including phenoxy) is 6. The number of allylic oxidation sites excluding steroid dienone is 1. The number of carbonyl (C=O) groups is 5. The summed E-state index contributed by atoms with van der Waals surface area (Å²) in [5.41, 5.74) is 2.34. The van der Waals surface area contributed by atoms with Gasteiger partial charge in [0.2, 0.25) is 0 Å². The highest BCUT2D eigenvalue weighted by Gasteiger charge is 2.18. The first-order chi connectivity index (χ1) is 24.7. The highest BCUT2D eigenvalue weighted by atomic mass is 16.6. The Bertz CT molecular complexity index is 1570. The Kier molecular flexibility index (Phi) is 18.1. The Morgan fingerprint density at radius 2 is 0.865 bits per heavy atom. The van der Waals surface area contributed by atoms with Gasteiger partial charge in [0, 0.05) is 39.7 Å². The van der Waals surface area contributed by atoms with Crippen molar-refractivity contribution in [3.8, 4) is 11.5 Å². The van der Waals surface area contributed by atoms with E-state index in [1.807, 2.05) is 12.1 Å². The van der Waals surface area contributed by atoms with E-state index in [2.05, 4.69) is 26.3 Å². The summed E-state index contributed by atoms with van der Waals surface area (Å²) in [7, 11) is 0. The fraction of sp³-hybridized carbons (Fsp3) is 0.341. The summed E-state index contributed by atoms with van der Waals surface area (Å²) in [6.45, 7) is 21.1. The lowest BCUT2D eigenvalue weighted by atomic mass is 10.1. The van der Waals surface area contributed by atoms with Crippen molar-refractivity contribution in [2.75, 3.05) is 39.6 Å². The van der Waals surface area contributed by atoms with Crippen molar-refractivity contribution in [3.05, 3.63) is 114 Å². The number of hydrogen-bond acceptors (Lipinski definition) is 11. The minimum absolute atomic E-state index is 0.0290. The molecule has 52 heavy (non-hydrogen) atoms. The van der Waals surface area contributed by atoms with Gasteiger partial charge >= 0.3 is 23.9 Å². The van der Waals surface area contributed by atoms with Crippen LogP contribution < -0.4 is 9.47 Å². The smallest absolute Gasteiger partial charge is 0.333 e. The molecular formula is C41H48O11. The van der Waals surface area contributed by atoms with E-state index in [1.54, 1.807) is 70.2 Å². The number of carbonyl (C=O) groups excluding carboxylic acids is 5. The molecule has 2 aromatic rings. The molecule has 0 saturated carbocycles. The van der Waals surface area contributed by atoms with Gasteiger partial charge in [-0.1, -0.05) is 44.5 Å². The predicted molar refractivity (Wildman–Crippen MR) is 197 cm³/mol.